The van der Waals surface area contributed by atoms with Crippen LogP contribution in [0.5, 0.6) is 0 Å². The number of benzene rings is 1. The van der Waals surface area contributed by atoms with Gasteiger partial charge in [-0.3, -0.25) is 5.32 Å². The summed E-state index contributed by atoms with van der Waals surface area (Å²) in [6.07, 6.45) is 3.23. The molecule has 0 aliphatic heterocycles. The second-order valence-corrected chi connectivity index (χ2v) is 4.93. The minimum Gasteiger partial charge on any atom is -0.446 e. The van der Waals surface area contributed by atoms with Gasteiger partial charge in [-0.15, -0.1) is 0 Å². The number of aryl methyl sites for hydroxylation is 1. The molecule has 0 atom stereocenters. The highest BCUT2D eigenvalue weighted by Gasteiger charge is 2.21. The van der Waals surface area contributed by atoms with Gasteiger partial charge in [0.05, 0.1) is 0 Å². The fraction of sp³-hybridized carbons (Fsp3) is 0.500. The van der Waals surface area contributed by atoms with E-state index in [-0.39, 0.29) is 18.2 Å². The zero-order valence-corrected chi connectivity index (χ0v) is 10.7. The van der Waals surface area contributed by atoms with Crippen LogP contribution in [0.4, 0.5) is 10.5 Å². The second kappa shape index (κ2) is 5.87. The van der Waals surface area contributed by atoms with Gasteiger partial charge < -0.3 is 10.5 Å². The maximum atomic E-state index is 11.7. The maximum Gasteiger partial charge on any atom is 0.411 e. The Balaban J connectivity index is 1.80. The van der Waals surface area contributed by atoms with E-state index in [1.54, 1.807) is 0 Å². The van der Waals surface area contributed by atoms with Crippen molar-refractivity contribution in [3.63, 3.8) is 0 Å². The van der Waals surface area contributed by atoms with Crippen molar-refractivity contribution in [1.29, 1.82) is 0 Å². The lowest BCUT2D eigenvalue weighted by atomic mass is 9.94. The van der Waals surface area contributed by atoms with Crippen LogP contribution in [0.1, 0.15) is 31.2 Å². The van der Waals surface area contributed by atoms with Gasteiger partial charge in [0.2, 0.25) is 0 Å². The summed E-state index contributed by atoms with van der Waals surface area (Å²) in [5.41, 5.74) is 7.73. The number of ether oxygens (including phenoxy) is 1. The van der Waals surface area contributed by atoms with Crippen LogP contribution in [0.3, 0.4) is 0 Å². The van der Waals surface area contributed by atoms with Crippen molar-refractivity contribution in [2.75, 3.05) is 5.32 Å². The van der Waals surface area contributed by atoms with E-state index in [4.69, 9.17) is 10.5 Å². The fourth-order valence-electron chi connectivity index (χ4n) is 2.14. The largest absolute Gasteiger partial charge is 0.446 e. The van der Waals surface area contributed by atoms with Crippen molar-refractivity contribution < 1.29 is 9.53 Å². The molecule has 2 rings (SSSR count). The predicted octanol–water partition coefficient (Wildman–Crippen LogP) is 2.81. The number of anilines is 1. The first-order valence-corrected chi connectivity index (χ1v) is 6.43. The number of carbonyl (C=O) groups is 1. The summed E-state index contributed by atoms with van der Waals surface area (Å²) in [6, 6.07) is 7.91. The molecular weight excluding hydrogens is 228 g/mol. The van der Waals surface area contributed by atoms with Crippen molar-refractivity contribution in [2.24, 2.45) is 5.73 Å². The van der Waals surface area contributed by atoms with Gasteiger partial charge in [0.1, 0.15) is 6.10 Å². The average Bonchev–Trinajstić information content (AvgIpc) is 2.35. The van der Waals surface area contributed by atoms with Gasteiger partial charge in [-0.25, -0.2) is 4.79 Å². The molecule has 98 valence electrons. The zero-order chi connectivity index (χ0) is 13.0. The number of rotatable bonds is 2. The van der Waals surface area contributed by atoms with Gasteiger partial charge in [0.25, 0.3) is 0 Å². The van der Waals surface area contributed by atoms with Crippen LogP contribution in [-0.4, -0.2) is 18.2 Å². The van der Waals surface area contributed by atoms with Crippen molar-refractivity contribution >= 4 is 11.8 Å². The Morgan fingerprint density at radius 2 is 1.83 bits per heavy atom. The number of nitrogens with two attached hydrogens (primary N) is 1. The van der Waals surface area contributed by atoms with Crippen LogP contribution >= 0.6 is 0 Å². The van der Waals surface area contributed by atoms with Crippen LogP contribution in [0.2, 0.25) is 0 Å². The van der Waals surface area contributed by atoms with E-state index in [0.29, 0.717) is 0 Å². The Morgan fingerprint density at radius 3 is 2.44 bits per heavy atom. The number of carbonyl (C=O) groups excluding carboxylic acids is 1. The van der Waals surface area contributed by atoms with Crippen LogP contribution in [0.25, 0.3) is 0 Å². The quantitative estimate of drug-likeness (QED) is 0.845. The SMILES string of the molecule is Cc1ccc(NC(=O)OC2CCC(N)CC2)cc1. The number of hydrogen-bond donors (Lipinski definition) is 2. The molecule has 0 spiro atoms. The third-order valence-corrected chi connectivity index (χ3v) is 3.29. The molecule has 0 heterocycles. The van der Waals surface area contributed by atoms with Crippen molar-refractivity contribution in [1.82, 2.24) is 0 Å². The van der Waals surface area contributed by atoms with Crippen LogP contribution in [0, 0.1) is 6.92 Å². The lowest BCUT2D eigenvalue weighted by molar-refractivity contribution is 0.0826. The molecule has 1 fully saturated rings. The van der Waals surface area contributed by atoms with E-state index in [0.717, 1.165) is 36.9 Å². The van der Waals surface area contributed by atoms with Crippen molar-refractivity contribution in [3.8, 4) is 0 Å². The molecule has 0 bridgehead atoms. The molecule has 1 aliphatic carbocycles. The monoisotopic (exact) mass is 248 g/mol. The summed E-state index contributed by atoms with van der Waals surface area (Å²) in [4.78, 5) is 11.7. The maximum absolute atomic E-state index is 11.7. The minimum atomic E-state index is -0.376. The predicted molar refractivity (Wildman–Crippen MR) is 71.5 cm³/mol. The third kappa shape index (κ3) is 3.74. The van der Waals surface area contributed by atoms with Crippen LogP contribution in [-0.2, 0) is 4.74 Å². The molecule has 1 aliphatic rings. The fourth-order valence-corrected chi connectivity index (χ4v) is 2.14. The Kier molecular flexibility index (Phi) is 4.20. The number of hydrogen-bond acceptors (Lipinski definition) is 3. The molecule has 0 radical (unpaired) electrons. The highest BCUT2D eigenvalue weighted by molar-refractivity contribution is 5.84. The molecule has 1 aromatic rings. The van der Waals surface area contributed by atoms with Gasteiger partial charge in [-0.05, 0) is 44.7 Å². The first kappa shape index (κ1) is 12.9. The minimum absolute atomic E-state index is 0.00949. The molecule has 3 N–H and O–H groups in total. The van der Waals surface area contributed by atoms with Crippen LogP contribution in [0.15, 0.2) is 24.3 Å². The Morgan fingerprint density at radius 1 is 1.22 bits per heavy atom. The van der Waals surface area contributed by atoms with Gasteiger partial charge in [0.15, 0.2) is 0 Å². The Labute approximate surface area is 108 Å². The summed E-state index contributed by atoms with van der Waals surface area (Å²) in [7, 11) is 0. The normalized spacial score (nSPS) is 23.4. The molecule has 4 nitrogen and oxygen atoms in total. The van der Waals surface area contributed by atoms with Crippen LogP contribution < -0.4 is 11.1 Å². The van der Waals surface area contributed by atoms with E-state index >= 15 is 0 Å². The summed E-state index contributed by atoms with van der Waals surface area (Å²) >= 11 is 0. The Bertz CT molecular complexity index is 395. The third-order valence-electron chi connectivity index (χ3n) is 3.29. The zero-order valence-electron chi connectivity index (χ0n) is 10.7. The first-order chi connectivity index (χ1) is 8.63. The lowest BCUT2D eigenvalue weighted by Crippen LogP contribution is -2.32. The van der Waals surface area contributed by atoms with E-state index in [9.17, 15) is 4.79 Å². The highest BCUT2D eigenvalue weighted by Crippen LogP contribution is 2.20. The highest BCUT2D eigenvalue weighted by atomic mass is 16.6. The summed E-state index contributed by atoms with van der Waals surface area (Å²) in [6.45, 7) is 2.01. The molecule has 0 unspecified atom stereocenters. The summed E-state index contributed by atoms with van der Waals surface area (Å²) < 4.78 is 5.37. The van der Waals surface area contributed by atoms with Gasteiger partial charge in [-0.2, -0.15) is 0 Å². The molecule has 1 aromatic carbocycles. The first-order valence-electron chi connectivity index (χ1n) is 6.43. The van der Waals surface area contributed by atoms with Crippen molar-refractivity contribution in [3.05, 3.63) is 29.8 Å². The number of amides is 1. The molecule has 4 heteroatoms. The molecule has 1 saturated carbocycles. The van der Waals surface area contributed by atoms with E-state index in [1.807, 2.05) is 31.2 Å². The van der Waals surface area contributed by atoms with E-state index in [1.165, 1.54) is 0 Å². The van der Waals surface area contributed by atoms with Gasteiger partial charge in [-0.1, -0.05) is 17.7 Å². The summed E-state index contributed by atoms with van der Waals surface area (Å²) in [5, 5.41) is 2.74. The van der Waals surface area contributed by atoms with E-state index in [2.05, 4.69) is 5.32 Å². The second-order valence-electron chi connectivity index (χ2n) is 4.93. The standard InChI is InChI=1S/C14H20N2O2/c1-10-2-6-12(7-3-10)16-14(17)18-13-8-4-11(15)5-9-13/h2-3,6-7,11,13H,4-5,8-9,15H2,1H3,(H,16,17). The molecule has 0 saturated heterocycles. The smallest absolute Gasteiger partial charge is 0.411 e. The number of nitrogens with one attached hydrogen (secondary N) is 1. The van der Waals surface area contributed by atoms with Gasteiger partial charge in [0, 0.05) is 11.7 Å². The molecular formula is C14H20N2O2. The lowest BCUT2D eigenvalue weighted by Gasteiger charge is -2.25. The van der Waals surface area contributed by atoms with E-state index < -0.39 is 0 Å². The Hall–Kier alpha value is -1.55. The topological polar surface area (TPSA) is 64.3 Å². The molecule has 18 heavy (non-hydrogen) atoms. The van der Waals surface area contributed by atoms with Gasteiger partial charge >= 0.3 is 6.09 Å². The molecule has 0 aromatic heterocycles. The summed E-state index contributed by atoms with van der Waals surface area (Å²) in [5.74, 6) is 0. The average molecular weight is 248 g/mol. The molecule has 1 amide bonds. The van der Waals surface area contributed by atoms with Crippen molar-refractivity contribution in [2.45, 2.75) is 44.8 Å².